The van der Waals surface area contributed by atoms with Gasteiger partial charge in [0.2, 0.25) is 17.7 Å². The molecule has 0 spiro atoms. The van der Waals surface area contributed by atoms with Crippen molar-refractivity contribution in [2.45, 2.75) is 77.5 Å². The molecule has 1 saturated heterocycles. The van der Waals surface area contributed by atoms with Crippen LogP contribution in [-0.2, 0) is 9.59 Å². The van der Waals surface area contributed by atoms with E-state index in [1.165, 1.54) is 0 Å². The fourth-order valence-corrected chi connectivity index (χ4v) is 5.90. The number of amides is 2. The Kier molecular flexibility index (Phi) is 7.68. The number of nitrogens with one attached hydrogen (secondary N) is 1. The molecule has 7 heteroatoms. The average Bonchev–Trinajstić information content (AvgIpc) is 3.46. The van der Waals surface area contributed by atoms with Gasteiger partial charge in [0.1, 0.15) is 17.9 Å². The number of rotatable bonds is 4. The molecule has 37 heavy (non-hydrogen) atoms. The fourth-order valence-electron chi connectivity index (χ4n) is 5.90. The van der Waals surface area contributed by atoms with Gasteiger partial charge in [0.25, 0.3) is 0 Å². The second-order valence-electron chi connectivity index (χ2n) is 11.1. The van der Waals surface area contributed by atoms with E-state index < -0.39 is 6.04 Å². The number of fused-ring (bicyclic) bond motifs is 3. The van der Waals surface area contributed by atoms with Crippen molar-refractivity contribution in [1.82, 2.24) is 15.2 Å². The van der Waals surface area contributed by atoms with Gasteiger partial charge in [-0.25, -0.2) is 4.98 Å². The van der Waals surface area contributed by atoms with Gasteiger partial charge in [-0.15, -0.1) is 0 Å². The molecule has 2 aliphatic heterocycles. The summed E-state index contributed by atoms with van der Waals surface area (Å²) in [6.07, 6.45) is 11.0. The van der Waals surface area contributed by atoms with Crippen molar-refractivity contribution in [2.24, 2.45) is 17.8 Å². The Hall–Kier alpha value is -3.09. The maximum atomic E-state index is 13.5. The minimum absolute atomic E-state index is 0.0378. The number of hydrogen-bond donors (Lipinski definition) is 1. The zero-order chi connectivity index (χ0) is 25.9. The van der Waals surface area contributed by atoms with Crippen LogP contribution in [0.2, 0.25) is 0 Å². The van der Waals surface area contributed by atoms with Crippen LogP contribution in [0.5, 0.6) is 11.6 Å². The molecule has 6 atom stereocenters. The summed E-state index contributed by atoms with van der Waals surface area (Å²) in [6.45, 7) is 7.30. The first kappa shape index (κ1) is 25.6. The zero-order valence-corrected chi connectivity index (χ0v) is 22.2. The first-order chi connectivity index (χ1) is 17.9. The van der Waals surface area contributed by atoms with E-state index in [0.29, 0.717) is 43.7 Å². The van der Waals surface area contributed by atoms with Crippen molar-refractivity contribution in [2.75, 3.05) is 13.2 Å². The molecule has 198 valence electrons. The number of benzene rings is 1. The monoisotopic (exact) mass is 505 g/mol. The molecule has 1 N–H and O–H groups in total. The molecule has 1 aromatic carbocycles. The molecule has 1 aliphatic carbocycles. The normalized spacial score (nSPS) is 31.5. The van der Waals surface area contributed by atoms with Gasteiger partial charge in [-0.1, -0.05) is 44.2 Å². The Bertz CT molecular complexity index is 1160. The van der Waals surface area contributed by atoms with Crippen molar-refractivity contribution >= 4 is 22.6 Å². The first-order valence-electron chi connectivity index (χ1n) is 13.9. The molecule has 1 saturated carbocycles. The Morgan fingerprint density at radius 3 is 2.70 bits per heavy atom. The van der Waals surface area contributed by atoms with Crippen LogP contribution in [0.4, 0.5) is 0 Å². The predicted molar refractivity (Wildman–Crippen MR) is 143 cm³/mol. The van der Waals surface area contributed by atoms with Gasteiger partial charge >= 0.3 is 0 Å². The highest BCUT2D eigenvalue weighted by Gasteiger charge is 2.44. The van der Waals surface area contributed by atoms with E-state index in [9.17, 15) is 9.59 Å². The van der Waals surface area contributed by atoms with E-state index in [1.54, 1.807) is 11.1 Å². The molecule has 0 radical (unpaired) electrons. The molecular formula is C30H39N3O4. The number of allylic oxidation sites excluding steroid dienone is 1. The zero-order valence-electron chi connectivity index (χ0n) is 22.2. The van der Waals surface area contributed by atoms with Crippen LogP contribution in [0, 0.1) is 17.8 Å². The van der Waals surface area contributed by atoms with Gasteiger partial charge in [-0.2, -0.15) is 0 Å². The molecule has 1 aromatic heterocycles. The minimum atomic E-state index is -0.522. The highest BCUT2D eigenvalue weighted by molar-refractivity contribution is 5.92. The Labute approximate surface area is 219 Å². The number of hydrogen-bond acceptors (Lipinski definition) is 5. The number of carbonyl (C=O) groups is 2. The summed E-state index contributed by atoms with van der Waals surface area (Å²) in [6, 6.07) is 7.52. The van der Waals surface area contributed by atoms with E-state index >= 15 is 0 Å². The van der Waals surface area contributed by atoms with E-state index in [2.05, 4.69) is 36.3 Å². The van der Waals surface area contributed by atoms with Crippen LogP contribution in [0.1, 0.15) is 59.3 Å². The lowest BCUT2D eigenvalue weighted by Gasteiger charge is -2.25. The predicted octanol–water partition coefficient (Wildman–Crippen LogP) is 4.89. The van der Waals surface area contributed by atoms with Crippen molar-refractivity contribution < 1.29 is 19.1 Å². The SMILES string of the molecule is CCOc1cnc(O[C@@H]2C[C@H]3C(=O)N[C@@H]4C[C@H]4/C=C\CC[C@@H](C)C[C@@H](C)CC(=O)N3C2)c2ccccc12. The lowest BCUT2D eigenvalue weighted by atomic mass is 9.91. The van der Waals surface area contributed by atoms with E-state index in [1.807, 2.05) is 31.2 Å². The molecule has 2 amide bonds. The van der Waals surface area contributed by atoms with Gasteiger partial charge in [-0.05, 0) is 56.4 Å². The highest BCUT2D eigenvalue weighted by Crippen LogP contribution is 2.35. The third-order valence-electron chi connectivity index (χ3n) is 7.89. The number of ether oxygens (including phenoxy) is 2. The number of nitrogens with zero attached hydrogens (tertiary/aromatic N) is 2. The molecule has 3 heterocycles. The maximum Gasteiger partial charge on any atom is 0.243 e. The number of pyridine rings is 1. The molecular weight excluding hydrogens is 466 g/mol. The highest BCUT2D eigenvalue weighted by atomic mass is 16.5. The summed E-state index contributed by atoms with van der Waals surface area (Å²) >= 11 is 0. The van der Waals surface area contributed by atoms with Crippen LogP contribution >= 0.6 is 0 Å². The molecule has 2 fully saturated rings. The van der Waals surface area contributed by atoms with Crippen LogP contribution in [0.25, 0.3) is 10.8 Å². The molecule has 5 rings (SSSR count). The second kappa shape index (κ2) is 11.1. The van der Waals surface area contributed by atoms with Crippen molar-refractivity contribution in [3.8, 4) is 11.6 Å². The average molecular weight is 506 g/mol. The second-order valence-corrected chi connectivity index (χ2v) is 11.1. The Balaban J connectivity index is 1.36. The van der Waals surface area contributed by atoms with E-state index in [4.69, 9.17) is 9.47 Å². The smallest absolute Gasteiger partial charge is 0.243 e. The first-order valence-corrected chi connectivity index (χ1v) is 13.9. The number of carbonyl (C=O) groups excluding carboxylic acids is 2. The quantitative estimate of drug-likeness (QED) is 0.599. The molecule has 7 nitrogen and oxygen atoms in total. The summed E-state index contributed by atoms with van der Waals surface area (Å²) < 4.78 is 12.1. The van der Waals surface area contributed by atoms with Crippen LogP contribution in [-0.4, -0.2) is 53.0 Å². The van der Waals surface area contributed by atoms with Crippen LogP contribution in [0.3, 0.4) is 0 Å². The summed E-state index contributed by atoms with van der Waals surface area (Å²) in [5, 5.41) is 5.00. The summed E-state index contributed by atoms with van der Waals surface area (Å²) in [5.41, 5.74) is 0. The summed E-state index contributed by atoms with van der Waals surface area (Å²) in [4.78, 5) is 33.1. The lowest BCUT2D eigenvalue weighted by molar-refractivity contribution is -0.139. The van der Waals surface area contributed by atoms with Crippen molar-refractivity contribution in [3.63, 3.8) is 0 Å². The topological polar surface area (TPSA) is 80.8 Å². The largest absolute Gasteiger partial charge is 0.492 e. The summed E-state index contributed by atoms with van der Waals surface area (Å²) in [5.74, 6) is 2.43. The third-order valence-corrected chi connectivity index (χ3v) is 7.89. The van der Waals surface area contributed by atoms with Gasteiger partial charge in [0, 0.05) is 29.7 Å². The van der Waals surface area contributed by atoms with Gasteiger partial charge in [0.15, 0.2) is 0 Å². The van der Waals surface area contributed by atoms with E-state index in [-0.39, 0.29) is 29.9 Å². The minimum Gasteiger partial charge on any atom is -0.492 e. The fraction of sp³-hybridized carbons (Fsp3) is 0.567. The van der Waals surface area contributed by atoms with Crippen LogP contribution < -0.4 is 14.8 Å². The van der Waals surface area contributed by atoms with E-state index in [0.717, 1.165) is 42.2 Å². The Morgan fingerprint density at radius 1 is 1.08 bits per heavy atom. The van der Waals surface area contributed by atoms with Crippen LogP contribution in [0.15, 0.2) is 42.6 Å². The van der Waals surface area contributed by atoms with Crippen molar-refractivity contribution in [1.29, 1.82) is 0 Å². The Morgan fingerprint density at radius 2 is 1.89 bits per heavy atom. The molecule has 0 bridgehead atoms. The van der Waals surface area contributed by atoms with Crippen molar-refractivity contribution in [3.05, 3.63) is 42.6 Å². The standard InChI is InChI=1S/C30H39N3O4/c1-4-36-27-17-31-30(24-12-8-7-11-23(24)27)37-22-16-26-29(35)32-25-15-21(25)10-6-5-9-19(2)13-20(3)14-28(34)33(26)18-22/h6-8,10-12,17,19-22,25-26H,4-5,9,13-16,18H2,1-3H3,(H,32,35)/b10-6-/t19-,20-,21-,22-,25-,26+/m1/s1. The maximum absolute atomic E-state index is 13.5. The third kappa shape index (κ3) is 5.91. The molecule has 0 unspecified atom stereocenters. The number of aromatic nitrogens is 1. The lowest BCUT2D eigenvalue weighted by Crippen LogP contribution is -2.47. The summed E-state index contributed by atoms with van der Waals surface area (Å²) in [7, 11) is 0. The van der Waals surface area contributed by atoms with Gasteiger partial charge in [0.05, 0.1) is 19.3 Å². The van der Waals surface area contributed by atoms with Gasteiger partial charge in [-0.3, -0.25) is 9.59 Å². The molecule has 3 aliphatic rings. The van der Waals surface area contributed by atoms with Gasteiger partial charge < -0.3 is 19.7 Å². The molecule has 2 aromatic rings.